The summed E-state index contributed by atoms with van der Waals surface area (Å²) < 4.78 is 80.1. The van der Waals surface area contributed by atoms with Gasteiger partial charge < -0.3 is 58.0 Å². The van der Waals surface area contributed by atoms with E-state index in [0.29, 0.717) is 168 Å². The molecule has 15 nitrogen and oxygen atoms in total. The molecule has 2 atom stereocenters. The van der Waals surface area contributed by atoms with Gasteiger partial charge in [0.25, 0.3) is 0 Å². The molecule has 1 aromatic rings. The Kier molecular flexibility index (Phi) is 25.4. The molecule has 56 heavy (non-hydrogen) atoms. The van der Waals surface area contributed by atoms with E-state index in [0.717, 1.165) is 11.1 Å². The number of sulfonamides is 1. The number of likely N-dealkylation sites (N-methyl/N-ethyl adjacent to an activating group) is 1. The summed E-state index contributed by atoms with van der Waals surface area (Å²) in [5, 5.41) is 6.75. The molecule has 0 radical (unpaired) electrons. The minimum atomic E-state index is -3.87. The smallest absolute Gasteiger partial charge is 0.234 e. The molecule has 18 heteroatoms. The summed E-state index contributed by atoms with van der Waals surface area (Å²) in [6.45, 7) is 11.4. The van der Waals surface area contributed by atoms with Gasteiger partial charge in [-0.2, -0.15) is 0 Å². The Balaban J connectivity index is 1.14. The highest BCUT2D eigenvalue weighted by Crippen LogP contribution is 2.51. The molecule has 0 spiro atoms. The van der Waals surface area contributed by atoms with Gasteiger partial charge in [0, 0.05) is 47.6 Å². The second-order valence-corrected chi connectivity index (χ2v) is 15.8. The molecule has 3 rings (SSSR count). The van der Waals surface area contributed by atoms with Crippen LogP contribution in [0.2, 0.25) is 10.0 Å². The lowest BCUT2D eigenvalue weighted by Crippen LogP contribution is -2.42. The Hall–Kier alpha value is -1.29. The van der Waals surface area contributed by atoms with E-state index in [1.54, 1.807) is 18.2 Å². The first-order chi connectivity index (χ1) is 27.2. The van der Waals surface area contributed by atoms with E-state index in [-0.39, 0.29) is 17.2 Å². The quantitative estimate of drug-likeness (QED) is 0.0966. The number of fused-ring (bicyclic) bond motifs is 1. The number of nitrogens with zero attached hydrogens (tertiary/aromatic N) is 1. The average molecular weight is 857 g/mol. The van der Waals surface area contributed by atoms with Crippen LogP contribution >= 0.6 is 23.2 Å². The molecule has 1 aliphatic carbocycles. The molecule has 0 saturated carbocycles. The Morgan fingerprint density at radius 2 is 1.09 bits per heavy atom. The van der Waals surface area contributed by atoms with Crippen molar-refractivity contribution in [2.24, 2.45) is 16.3 Å². The highest BCUT2D eigenvalue weighted by atomic mass is 35.5. The van der Waals surface area contributed by atoms with Crippen molar-refractivity contribution < 1.29 is 55.8 Å². The number of benzene rings is 1. The molecule has 0 saturated heterocycles. The fourth-order valence-corrected chi connectivity index (χ4v) is 7.64. The van der Waals surface area contributed by atoms with E-state index >= 15 is 0 Å². The second kappa shape index (κ2) is 29.0. The van der Waals surface area contributed by atoms with Crippen LogP contribution in [0.5, 0.6) is 0 Å². The van der Waals surface area contributed by atoms with Crippen molar-refractivity contribution in [3.05, 3.63) is 56.4 Å². The third-order valence-corrected chi connectivity index (χ3v) is 10.7. The summed E-state index contributed by atoms with van der Waals surface area (Å²) >= 11 is 13.1. The molecule has 0 bridgehead atoms. The van der Waals surface area contributed by atoms with Crippen LogP contribution < -0.4 is 10.9 Å². The van der Waals surface area contributed by atoms with Crippen molar-refractivity contribution in [3.8, 4) is 0 Å². The molecule has 0 aromatic heterocycles. The van der Waals surface area contributed by atoms with Gasteiger partial charge in [0.15, 0.2) is 0 Å². The summed E-state index contributed by atoms with van der Waals surface area (Å²) in [6, 6.07) is 3.70. The van der Waals surface area contributed by atoms with Crippen molar-refractivity contribution in [1.82, 2.24) is 4.90 Å². The largest absolute Gasteiger partial charge is 0.379 e. The van der Waals surface area contributed by atoms with Gasteiger partial charge in [0.2, 0.25) is 10.0 Å². The predicted molar refractivity (Wildman–Crippen MR) is 215 cm³/mol. The number of hydrogen-bond donors (Lipinski definition) is 2. The van der Waals surface area contributed by atoms with Crippen LogP contribution in [0.15, 0.2) is 35.3 Å². The number of allylic oxidation sites excluding steroid dienone is 4. The van der Waals surface area contributed by atoms with Crippen LogP contribution in [-0.2, 0) is 63.9 Å². The van der Waals surface area contributed by atoms with E-state index in [2.05, 4.69) is 11.0 Å². The molecule has 2 aliphatic rings. The molecular weight excluding hydrogens is 793 g/mol. The molecule has 4 N–H and O–H groups in total. The zero-order valence-electron chi connectivity index (χ0n) is 32.8. The maximum Gasteiger partial charge on any atom is 0.234 e. The van der Waals surface area contributed by atoms with Gasteiger partial charge in [-0.25, -0.2) is 13.6 Å². The van der Waals surface area contributed by atoms with E-state index in [1.807, 2.05) is 13.1 Å². The van der Waals surface area contributed by atoms with E-state index < -0.39 is 15.4 Å². The standard InChI is InChI=1S/C38H63Cl2N3O12S/c1-43-30-35-34(27-32(39)28-37(35)40)36(31-43)38(4-2-3-33(29-38)56(42,44)45)5-7-46-9-11-48-13-15-50-17-19-52-21-23-54-25-26-55-24-22-53-20-18-51-16-14-49-12-10-47-8-6-41/h2-4,27-28,36H,5-26,29-31,41H2,1H3,(H2,42,44,45). The zero-order valence-corrected chi connectivity index (χ0v) is 35.1. The van der Waals surface area contributed by atoms with E-state index in [9.17, 15) is 8.42 Å². The highest BCUT2D eigenvalue weighted by Gasteiger charge is 2.44. The normalized spacial score (nSPS) is 18.7. The second-order valence-electron chi connectivity index (χ2n) is 13.3. The predicted octanol–water partition coefficient (Wildman–Crippen LogP) is 3.16. The molecule has 1 heterocycles. The maximum absolute atomic E-state index is 12.4. The molecule has 0 amide bonds. The van der Waals surface area contributed by atoms with Gasteiger partial charge in [-0.1, -0.05) is 35.4 Å². The van der Waals surface area contributed by atoms with Gasteiger partial charge in [0.05, 0.1) is 130 Å². The van der Waals surface area contributed by atoms with Crippen LogP contribution in [0.4, 0.5) is 0 Å². The Labute approximate surface area is 343 Å². The molecule has 1 aliphatic heterocycles. The summed E-state index contributed by atoms with van der Waals surface area (Å²) in [5.41, 5.74) is 6.80. The molecular formula is C38H63Cl2N3O12S. The summed E-state index contributed by atoms with van der Waals surface area (Å²) in [4.78, 5) is 2.39. The summed E-state index contributed by atoms with van der Waals surface area (Å²) in [5.74, 6) is -0.0768. The highest BCUT2D eigenvalue weighted by molar-refractivity contribution is 7.93. The fraction of sp³-hybridized carbons (Fsp3) is 0.737. The minimum Gasteiger partial charge on any atom is -0.379 e. The number of rotatable bonds is 34. The van der Waals surface area contributed by atoms with Crippen LogP contribution in [0.3, 0.4) is 0 Å². The number of primary sulfonamides is 1. The topological polar surface area (TPSA) is 182 Å². The lowest BCUT2D eigenvalue weighted by Gasteiger charge is -2.46. The summed E-state index contributed by atoms with van der Waals surface area (Å²) in [6.07, 6.45) is 6.26. The SMILES string of the molecule is CN1Cc2c(Cl)cc(Cl)cc2C(C2(CCOCCOCCOCCOCCOCCOCCOCCOCCOCCOCCN)C=CC=C(S(N)(=O)=O)C2)C1. The minimum absolute atomic E-state index is 0.0768. The number of hydrogen-bond acceptors (Lipinski definition) is 14. The molecule has 2 unspecified atom stereocenters. The Morgan fingerprint density at radius 1 is 0.679 bits per heavy atom. The van der Waals surface area contributed by atoms with E-state index in [1.165, 1.54) is 0 Å². The van der Waals surface area contributed by atoms with Crippen LogP contribution in [0, 0.1) is 5.41 Å². The third-order valence-electron chi connectivity index (χ3n) is 9.09. The van der Waals surface area contributed by atoms with Gasteiger partial charge in [-0.15, -0.1) is 0 Å². The van der Waals surface area contributed by atoms with Crippen LogP contribution in [0.25, 0.3) is 0 Å². The lowest BCUT2D eigenvalue weighted by molar-refractivity contribution is -0.0266. The van der Waals surface area contributed by atoms with Crippen molar-refractivity contribution >= 4 is 33.2 Å². The first-order valence-electron chi connectivity index (χ1n) is 19.2. The maximum atomic E-state index is 12.4. The average Bonchev–Trinajstić information content (AvgIpc) is 3.17. The van der Waals surface area contributed by atoms with Gasteiger partial charge in [-0.3, -0.25) is 0 Å². The van der Waals surface area contributed by atoms with Gasteiger partial charge >= 0.3 is 0 Å². The molecule has 0 fully saturated rings. The van der Waals surface area contributed by atoms with Gasteiger partial charge in [0.1, 0.15) is 0 Å². The molecule has 1 aromatic carbocycles. The van der Waals surface area contributed by atoms with Crippen molar-refractivity contribution in [3.63, 3.8) is 0 Å². The fourth-order valence-electron chi connectivity index (χ4n) is 6.33. The van der Waals surface area contributed by atoms with Crippen LogP contribution in [-0.4, -0.2) is 166 Å². The number of nitrogens with two attached hydrogens (primary N) is 2. The third kappa shape index (κ3) is 19.6. The lowest BCUT2D eigenvalue weighted by atomic mass is 9.64. The summed E-state index contributed by atoms with van der Waals surface area (Å²) in [7, 11) is -1.84. The first-order valence-corrected chi connectivity index (χ1v) is 21.5. The van der Waals surface area contributed by atoms with Crippen molar-refractivity contribution in [2.75, 3.05) is 152 Å². The van der Waals surface area contributed by atoms with Gasteiger partial charge in [-0.05, 0) is 49.2 Å². The van der Waals surface area contributed by atoms with E-state index in [4.69, 9.17) is 81.4 Å². The Bertz CT molecular complexity index is 1390. The zero-order chi connectivity index (χ0) is 40.3. The first kappa shape index (κ1) is 49.1. The number of halogens is 2. The van der Waals surface area contributed by atoms with Crippen molar-refractivity contribution in [2.45, 2.75) is 25.3 Å². The van der Waals surface area contributed by atoms with Crippen LogP contribution in [0.1, 0.15) is 29.9 Å². The monoisotopic (exact) mass is 855 g/mol. The number of ether oxygens (including phenoxy) is 10. The molecule has 322 valence electrons. The van der Waals surface area contributed by atoms with Crippen molar-refractivity contribution in [1.29, 1.82) is 0 Å². The Morgan fingerprint density at radius 3 is 1.50 bits per heavy atom.